The molecular formula is C25H25N5O4. The molecule has 1 aromatic heterocycles. The second kappa shape index (κ2) is 10.6. The van der Waals surface area contributed by atoms with Crippen molar-refractivity contribution >= 4 is 5.97 Å². The summed E-state index contributed by atoms with van der Waals surface area (Å²) in [6, 6.07) is 20.5. The number of hydrogen-bond acceptors (Lipinski definition) is 7. The lowest BCUT2D eigenvalue weighted by molar-refractivity contribution is 0.0697. The van der Waals surface area contributed by atoms with Crippen molar-refractivity contribution in [3.05, 3.63) is 94.8 Å². The predicted octanol–water partition coefficient (Wildman–Crippen LogP) is 3.55. The summed E-state index contributed by atoms with van der Waals surface area (Å²) in [5.41, 5.74) is 4.32. The Morgan fingerprint density at radius 3 is 2.38 bits per heavy atom. The van der Waals surface area contributed by atoms with Gasteiger partial charge in [-0.05, 0) is 64.9 Å². The van der Waals surface area contributed by atoms with Crippen molar-refractivity contribution in [1.29, 1.82) is 0 Å². The quantitative estimate of drug-likeness (QED) is 0.370. The average molecular weight is 460 g/mol. The van der Waals surface area contributed by atoms with Gasteiger partial charge >= 0.3 is 5.97 Å². The number of aryl methyl sites for hydroxylation is 1. The number of carboxylic acid groups (broad SMARTS) is 1. The van der Waals surface area contributed by atoms with Crippen LogP contribution in [0.15, 0.2) is 66.7 Å². The van der Waals surface area contributed by atoms with Crippen LogP contribution in [0, 0.1) is 6.92 Å². The van der Waals surface area contributed by atoms with E-state index < -0.39 is 5.97 Å². The highest BCUT2D eigenvalue weighted by Gasteiger charge is 2.12. The van der Waals surface area contributed by atoms with E-state index in [0.717, 1.165) is 22.4 Å². The Morgan fingerprint density at radius 1 is 0.971 bits per heavy atom. The molecule has 0 spiro atoms. The highest BCUT2D eigenvalue weighted by atomic mass is 16.5. The Hall–Kier alpha value is -4.24. The fraction of sp³-hybridized carbons (Fsp3) is 0.200. The Labute approximate surface area is 197 Å². The Morgan fingerprint density at radius 2 is 1.68 bits per heavy atom. The van der Waals surface area contributed by atoms with Crippen LogP contribution in [0.3, 0.4) is 0 Å². The first kappa shape index (κ1) is 22.9. The van der Waals surface area contributed by atoms with Crippen molar-refractivity contribution in [3.63, 3.8) is 0 Å². The summed E-state index contributed by atoms with van der Waals surface area (Å²) in [7, 11) is 1.60. The van der Waals surface area contributed by atoms with Crippen LogP contribution in [0.25, 0.3) is 5.69 Å². The first-order chi connectivity index (χ1) is 16.5. The molecule has 174 valence electrons. The van der Waals surface area contributed by atoms with Gasteiger partial charge in [-0.15, -0.1) is 5.10 Å². The van der Waals surface area contributed by atoms with Crippen LogP contribution in [0.1, 0.15) is 32.9 Å². The van der Waals surface area contributed by atoms with E-state index in [0.29, 0.717) is 30.4 Å². The van der Waals surface area contributed by atoms with Gasteiger partial charge in [0.1, 0.15) is 0 Å². The first-order valence-corrected chi connectivity index (χ1v) is 10.7. The zero-order chi connectivity index (χ0) is 23.9. The smallest absolute Gasteiger partial charge is 0.335 e. The zero-order valence-electron chi connectivity index (χ0n) is 18.9. The van der Waals surface area contributed by atoms with Gasteiger partial charge in [-0.2, -0.15) is 4.68 Å². The van der Waals surface area contributed by atoms with E-state index in [-0.39, 0.29) is 12.2 Å². The van der Waals surface area contributed by atoms with E-state index in [4.69, 9.17) is 14.6 Å². The molecule has 0 saturated carbocycles. The van der Waals surface area contributed by atoms with Crippen molar-refractivity contribution in [2.45, 2.75) is 26.6 Å². The Balaban J connectivity index is 1.36. The van der Waals surface area contributed by atoms with Crippen LogP contribution in [0.2, 0.25) is 0 Å². The summed E-state index contributed by atoms with van der Waals surface area (Å²) < 4.78 is 13.1. The molecule has 0 amide bonds. The summed E-state index contributed by atoms with van der Waals surface area (Å²) in [5.74, 6) is 0.847. The molecule has 3 aromatic carbocycles. The van der Waals surface area contributed by atoms with Crippen molar-refractivity contribution in [1.82, 2.24) is 25.5 Å². The maximum absolute atomic E-state index is 11.0. The minimum atomic E-state index is -0.930. The zero-order valence-corrected chi connectivity index (χ0v) is 18.9. The summed E-state index contributed by atoms with van der Waals surface area (Å²) >= 11 is 0. The van der Waals surface area contributed by atoms with E-state index in [1.807, 2.05) is 49.4 Å². The van der Waals surface area contributed by atoms with Gasteiger partial charge in [0, 0.05) is 13.1 Å². The molecule has 0 fully saturated rings. The van der Waals surface area contributed by atoms with Gasteiger partial charge in [0.2, 0.25) is 0 Å². The summed E-state index contributed by atoms with van der Waals surface area (Å²) in [4.78, 5) is 11.0. The molecule has 2 N–H and O–H groups in total. The summed E-state index contributed by atoms with van der Waals surface area (Å²) in [6.07, 6.45) is 0. The van der Waals surface area contributed by atoms with Gasteiger partial charge in [-0.25, -0.2) is 4.79 Å². The average Bonchev–Trinajstić information content (AvgIpc) is 3.32. The van der Waals surface area contributed by atoms with Crippen molar-refractivity contribution in [2.75, 3.05) is 7.11 Å². The monoisotopic (exact) mass is 459 g/mol. The lowest BCUT2D eigenvalue weighted by Gasteiger charge is -2.13. The van der Waals surface area contributed by atoms with Gasteiger partial charge in [-0.1, -0.05) is 35.9 Å². The van der Waals surface area contributed by atoms with Gasteiger partial charge in [0.05, 0.1) is 18.4 Å². The lowest BCUT2D eigenvalue weighted by Crippen LogP contribution is -2.13. The molecule has 0 aliphatic rings. The van der Waals surface area contributed by atoms with Gasteiger partial charge < -0.3 is 19.9 Å². The fourth-order valence-electron chi connectivity index (χ4n) is 3.38. The van der Waals surface area contributed by atoms with Crippen LogP contribution in [-0.4, -0.2) is 38.4 Å². The molecule has 9 nitrogen and oxygen atoms in total. The third-order valence-electron chi connectivity index (χ3n) is 5.26. The predicted molar refractivity (Wildman–Crippen MR) is 125 cm³/mol. The van der Waals surface area contributed by atoms with Crippen LogP contribution >= 0.6 is 0 Å². The fourth-order valence-corrected chi connectivity index (χ4v) is 3.38. The molecule has 4 aromatic rings. The van der Waals surface area contributed by atoms with Crippen LogP contribution in [0.5, 0.6) is 11.5 Å². The minimum Gasteiger partial charge on any atom is -0.493 e. The summed E-state index contributed by atoms with van der Waals surface area (Å²) in [5, 5.41) is 24.3. The molecule has 34 heavy (non-hydrogen) atoms. The van der Waals surface area contributed by atoms with Crippen LogP contribution < -0.4 is 14.8 Å². The number of hydrogen-bond donors (Lipinski definition) is 2. The molecule has 4 rings (SSSR count). The molecule has 0 atom stereocenters. The van der Waals surface area contributed by atoms with E-state index in [1.165, 1.54) is 0 Å². The molecule has 0 aliphatic heterocycles. The molecule has 0 radical (unpaired) electrons. The number of aromatic carboxylic acids is 1. The minimum absolute atomic E-state index is 0.182. The van der Waals surface area contributed by atoms with Crippen LogP contribution in [-0.2, 0) is 19.7 Å². The third kappa shape index (κ3) is 5.57. The van der Waals surface area contributed by atoms with E-state index >= 15 is 0 Å². The van der Waals surface area contributed by atoms with Crippen molar-refractivity contribution < 1.29 is 19.4 Å². The number of aromatic nitrogens is 4. The number of tetrazole rings is 1. The molecule has 0 saturated heterocycles. The number of nitrogens with one attached hydrogen (secondary N) is 1. The van der Waals surface area contributed by atoms with E-state index in [1.54, 1.807) is 36.1 Å². The van der Waals surface area contributed by atoms with Crippen molar-refractivity contribution in [3.8, 4) is 17.2 Å². The second-order valence-corrected chi connectivity index (χ2v) is 7.72. The third-order valence-corrected chi connectivity index (χ3v) is 5.26. The molecule has 0 aliphatic carbocycles. The normalized spacial score (nSPS) is 10.8. The highest BCUT2D eigenvalue weighted by Crippen LogP contribution is 2.29. The number of carbonyl (C=O) groups is 1. The number of nitrogens with zero attached hydrogens (tertiary/aromatic N) is 4. The summed E-state index contributed by atoms with van der Waals surface area (Å²) in [6.45, 7) is 3.43. The van der Waals surface area contributed by atoms with Crippen LogP contribution in [0.4, 0.5) is 0 Å². The lowest BCUT2D eigenvalue weighted by atomic mass is 10.1. The standard InChI is InChI=1S/C25H25N5O4/c1-17-3-10-21(11-4-17)30-24(27-28-29-30)16-34-22-12-7-19(13-23(22)33-2)15-26-14-18-5-8-20(9-6-18)25(31)32/h3-13,26H,14-16H2,1-2H3,(H,31,32). The number of rotatable bonds is 10. The number of ether oxygens (including phenoxy) is 2. The Kier molecular flexibility index (Phi) is 7.14. The SMILES string of the molecule is COc1cc(CNCc2ccc(C(=O)O)cc2)ccc1OCc1nnnn1-c1ccc(C)cc1. The van der Waals surface area contributed by atoms with Crippen molar-refractivity contribution in [2.24, 2.45) is 0 Å². The Bertz CT molecular complexity index is 1250. The highest BCUT2D eigenvalue weighted by molar-refractivity contribution is 5.87. The maximum atomic E-state index is 11.0. The molecule has 1 heterocycles. The number of methoxy groups -OCH3 is 1. The maximum Gasteiger partial charge on any atom is 0.335 e. The van der Waals surface area contributed by atoms with E-state index in [2.05, 4.69) is 20.8 Å². The van der Waals surface area contributed by atoms with Gasteiger partial charge in [0.15, 0.2) is 23.9 Å². The topological polar surface area (TPSA) is 111 Å². The first-order valence-electron chi connectivity index (χ1n) is 10.7. The van der Waals surface area contributed by atoms with Gasteiger partial charge in [0.25, 0.3) is 0 Å². The molecular weight excluding hydrogens is 434 g/mol. The largest absolute Gasteiger partial charge is 0.493 e. The number of carboxylic acids is 1. The molecule has 0 bridgehead atoms. The van der Waals surface area contributed by atoms with E-state index in [9.17, 15) is 4.79 Å². The molecule has 9 heteroatoms. The second-order valence-electron chi connectivity index (χ2n) is 7.72. The molecule has 0 unspecified atom stereocenters. The van der Waals surface area contributed by atoms with Gasteiger partial charge in [-0.3, -0.25) is 0 Å². The number of benzene rings is 3.